The summed E-state index contributed by atoms with van der Waals surface area (Å²) in [6.07, 6.45) is 2.77. The van der Waals surface area contributed by atoms with Gasteiger partial charge in [-0.1, -0.05) is 18.2 Å². The third-order valence-electron chi connectivity index (χ3n) is 6.34. The van der Waals surface area contributed by atoms with Gasteiger partial charge in [0.25, 0.3) is 0 Å². The molecule has 6 heteroatoms. The monoisotopic (exact) mass is 448 g/mol. The van der Waals surface area contributed by atoms with Gasteiger partial charge in [-0.25, -0.2) is 0 Å². The van der Waals surface area contributed by atoms with Crippen LogP contribution in [-0.4, -0.2) is 39.8 Å². The summed E-state index contributed by atoms with van der Waals surface area (Å²) in [5, 5.41) is 4.33. The number of hydrogen-bond acceptors (Lipinski definition) is 3. The van der Waals surface area contributed by atoms with E-state index in [-0.39, 0.29) is 12.1 Å². The molecule has 0 radical (unpaired) electrons. The number of aromatic nitrogens is 2. The van der Waals surface area contributed by atoms with Crippen LogP contribution in [0.1, 0.15) is 52.3 Å². The fraction of sp³-hybridized carbons (Fsp3) is 0.385. The van der Waals surface area contributed by atoms with Crippen molar-refractivity contribution in [2.75, 3.05) is 20.3 Å². The fourth-order valence-electron chi connectivity index (χ4n) is 4.78. The average molecular weight is 449 g/mol. The van der Waals surface area contributed by atoms with E-state index in [1.807, 2.05) is 18.3 Å². The molecule has 5 nitrogen and oxygen atoms in total. The number of nitrogens with zero attached hydrogens (tertiary/aromatic N) is 3. The highest BCUT2D eigenvalue weighted by molar-refractivity contribution is 7.80. The zero-order valence-electron chi connectivity index (χ0n) is 19.6. The quantitative estimate of drug-likeness (QED) is 0.402. The van der Waals surface area contributed by atoms with Crippen LogP contribution in [-0.2, 0) is 4.74 Å². The predicted molar refractivity (Wildman–Crippen MR) is 133 cm³/mol. The molecule has 1 fully saturated rings. The third-order valence-corrected chi connectivity index (χ3v) is 6.69. The van der Waals surface area contributed by atoms with Crippen molar-refractivity contribution in [2.24, 2.45) is 0 Å². The van der Waals surface area contributed by atoms with E-state index in [4.69, 9.17) is 17.0 Å². The molecule has 0 spiro atoms. The van der Waals surface area contributed by atoms with Crippen molar-refractivity contribution in [2.45, 2.75) is 46.2 Å². The van der Waals surface area contributed by atoms with Gasteiger partial charge >= 0.3 is 0 Å². The van der Waals surface area contributed by atoms with E-state index in [0.29, 0.717) is 6.61 Å². The van der Waals surface area contributed by atoms with E-state index in [2.05, 4.69) is 77.8 Å². The van der Waals surface area contributed by atoms with Gasteiger partial charge in [0.1, 0.15) is 0 Å². The lowest BCUT2D eigenvalue weighted by Gasteiger charge is -2.28. The summed E-state index contributed by atoms with van der Waals surface area (Å²) in [4.78, 5) is 6.97. The first-order valence-electron chi connectivity index (χ1n) is 11.2. The van der Waals surface area contributed by atoms with E-state index in [0.717, 1.165) is 23.8 Å². The Kier molecular flexibility index (Phi) is 6.63. The minimum Gasteiger partial charge on any atom is -0.385 e. The molecule has 32 heavy (non-hydrogen) atoms. The Bertz CT molecular complexity index is 1110. The Morgan fingerprint density at radius 2 is 1.91 bits per heavy atom. The Morgan fingerprint density at radius 3 is 2.62 bits per heavy atom. The molecular formula is C26H32N4OS. The minimum atomic E-state index is -0.00111. The zero-order valence-corrected chi connectivity index (χ0v) is 20.4. The van der Waals surface area contributed by atoms with Gasteiger partial charge in [0, 0.05) is 43.5 Å². The molecule has 0 bridgehead atoms. The Balaban J connectivity index is 1.81. The molecule has 4 rings (SSSR count). The number of hydrogen-bond donors (Lipinski definition) is 1. The lowest BCUT2D eigenvalue weighted by Crippen LogP contribution is -2.31. The highest BCUT2D eigenvalue weighted by Crippen LogP contribution is 2.41. The minimum absolute atomic E-state index is 0.00111. The summed E-state index contributed by atoms with van der Waals surface area (Å²) in [5.74, 6) is 0. The Labute approximate surface area is 196 Å². The first kappa shape index (κ1) is 22.5. The molecule has 168 valence electrons. The maximum absolute atomic E-state index is 5.80. The molecule has 1 aromatic carbocycles. The summed E-state index contributed by atoms with van der Waals surface area (Å²) in [7, 11) is 1.74. The first-order valence-corrected chi connectivity index (χ1v) is 11.6. The Morgan fingerprint density at radius 1 is 1.09 bits per heavy atom. The number of aryl methyl sites for hydroxylation is 3. The summed E-state index contributed by atoms with van der Waals surface area (Å²) in [6, 6.07) is 15.1. The summed E-state index contributed by atoms with van der Waals surface area (Å²) >= 11 is 5.80. The van der Waals surface area contributed by atoms with E-state index < -0.39 is 0 Å². The van der Waals surface area contributed by atoms with Crippen molar-refractivity contribution in [1.29, 1.82) is 0 Å². The smallest absolute Gasteiger partial charge is 0.170 e. The normalized spacial score (nSPS) is 18.3. The largest absolute Gasteiger partial charge is 0.385 e. The molecule has 1 N–H and O–H groups in total. The van der Waals surface area contributed by atoms with Crippen molar-refractivity contribution >= 4 is 17.3 Å². The van der Waals surface area contributed by atoms with Crippen LogP contribution in [0.15, 0.2) is 48.7 Å². The van der Waals surface area contributed by atoms with Gasteiger partial charge in [0.15, 0.2) is 5.11 Å². The predicted octanol–water partition coefficient (Wildman–Crippen LogP) is 5.11. The molecule has 1 aliphatic rings. The lowest BCUT2D eigenvalue weighted by molar-refractivity contribution is 0.180. The van der Waals surface area contributed by atoms with Crippen LogP contribution in [0.3, 0.4) is 0 Å². The molecule has 3 heterocycles. The third kappa shape index (κ3) is 4.17. The average Bonchev–Trinajstić information content (AvgIpc) is 3.26. The number of ether oxygens (including phenoxy) is 1. The summed E-state index contributed by atoms with van der Waals surface area (Å²) < 4.78 is 7.69. The van der Waals surface area contributed by atoms with Crippen LogP contribution in [0, 0.1) is 27.7 Å². The van der Waals surface area contributed by atoms with Gasteiger partial charge in [0.2, 0.25) is 0 Å². The molecule has 2 unspecified atom stereocenters. The van der Waals surface area contributed by atoms with E-state index >= 15 is 0 Å². The SMILES string of the molecule is COCCCN1C(=S)NC(c2ccccn2)C1c1cc(C)n(-c2cc(C)ccc2C)c1C. The van der Waals surface area contributed by atoms with E-state index in [1.54, 1.807) is 7.11 Å². The van der Waals surface area contributed by atoms with Crippen LogP contribution in [0.2, 0.25) is 0 Å². The van der Waals surface area contributed by atoms with Gasteiger partial charge in [0.05, 0.1) is 17.8 Å². The molecule has 0 saturated carbocycles. The lowest BCUT2D eigenvalue weighted by atomic mass is 9.96. The number of thiocarbonyl (C=S) groups is 1. The maximum Gasteiger partial charge on any atom is 0.170 e. The van der Waals surface area contributed by atoms with Gasteiger partial charge in [-0.2, -0.15) is 0 Å². The number of nitrogens with one attached hydrogen (secondary N) is 1. The van der Waals surface area contributed by atoms with Crippen LogP contribution < -0.4 is 5.32 Å². The summed E-state index contributed by atoms with van der Waals surface area (Å²) in [6.45, 7) is 10.3. The van der Waals surface area contributed by atoms with E-state index in [1.165, 1.54) is 33.8 Å². The number of benzene rings is 1. The fourth-order valence-corrected chi connectivity index (χ4v) is 5.11. The number of pyridine rings is 1. The number of rotatable bonds is 7. The van der Waals surface area contributed by atoms with Crippen LogP contribution in [0.4, 0.5) is 0 Å². The Hall–Kier alpha value is -2.70. The topological polar surface area (TPSA) is 42.3 Å². The van der Waals surface area contributed by atoms with Crippen LogP contribution in [0.25, 0.3) is 5.69 Å². The number of methoxy groups -OCH3 is 1. The molecule has 3 aromatic rings. The van der Waals surface area contributed by atoms with Crippen molar-refractivity contribution in [3.63, 3.8) is 0 Å². The van der Waals surface area contributed by atoms with Gasteiger partial charge in [-0.3, -0.25) is 4.98 Å². The molecule has 0 aliphatic carbocycles. The second kappa shape index (κ2) is 9.43. The molecule has 2 aromatic heterocycles. The van der Waals surface area contributed by atoms with E-state index in [9.17, 15) is 0 Å². The molecule has 1 aliphatic heterocycles. The molecule has 2 atom stereocenters. The summed E-state index contributed by atoms with van der Waals surface area (Å²) in [5.41, 5.74) is 8.51. The van der Waals surface area contributed by atoms with Crippen LogP contribution in [0.5, 0.6) is 0 Å². The van der Waals surface area contributed by atoms with Gasteiger partial charge < -0.3 is 19.5 Å². The van der Waals surface area contributed by atoms with Crippen molar-refractivity contribution < 1.29 is 4.74 Å². The standard InChI is InChI=1S/C26H32N4OS/c1-17-10-11-18(2)23(15-17)30-19(3)16-21(20(30)4)25-24(22-9-6-7-12-27-22)28-26(32)29(25)13-8-14-31-5/h6-7,9-12,15-16,24-25H,8,13-14H2,1-5H3,(H,28,32). The molecule has 1 saturated heterocycles. The maximum atomic E-state index is 5.80. The zero-order chi connectivity index (χ0) is 22.8. The first-order chi connectivity index (χ1) is 15.4. The van der Waals surface area contributed by atoms with Gasteiger partial charge in [-0.05, 0) is 87.3 Å². The highest BCUT2D eigenvalue weighted by Gasteiger charge is 2.41. The second-order valence-electron chi connectivity index (χ2n) is 8.62. The van der Waals surface area contributed by atoms with Crippen LogP contribution >= 0.6 is 12.2 Å². The highest BCUT2D eigenvalue weighted by atomic mass is 32.1. The van der Waals surface area contributed by atoms with Crippen molar-refractivity contribution in [3.05, 3.63) is 82.4 Å². The van der Waals surface area contributed by atoms with Crippen molar-refractivity contribution in [1.82, 2.24) is 19.8 Å². The second-order valence-corrected chi connectivity index (χ2v) is 9.00. The molecular weight excluding hydrogens is 416 g/mol. The molecule has 0 amide bonds. The van der Waals surface area contributed by atoms with Gasteiger partial charge in [-0.15, -0.1) is 0 Å². The van der Waals surface area contributed by atoms with Crippen molar-refractivity contribution in [3.8, 4) is 5.69 Å².